The third kappa shape index (κ3) is 7.78. The van der Waals surface area contributed by atoms with Gasteiger partial charge in [-0.3, -0.25) is 4.79 Å². The summed E-state index contributed by atoms with van der Waals surface area (Å²) in [5.74, 6) is -3.21. The zero-order valence-electron chi connectivity index (χ0n) is 39.0. The summed E-state index contributed by atoms with van der Waals surface area (Å²) in [5, 5.41) is 119. The highest BCUT2D eigenvalue weighted by Gasteiger charge is 2.72. The van der Waals surface area contributed by atoms with Crippen LogP contribution in [0.4, 0.5) is 0 Å². The lowest BCUT2D eigenvalue weighted by Crippen LogP contribution is -2.68. The monoisotopic (exact) mass is 956 g/mol. The zero-order valence-corrected chi connectivity index (χ0v) is 39.0. The number of carbonyl (C=O) groups is 3. The lowest BCUT2D eigenvalue weighted by Gasteiger charge is -2.71. The molecular formula is C47H72O20. The number of rotatable bonds is 10. The number of carboxylic acids is 2. The molecule has 0 bridgehead atoms. The number of aldehydes is 1. The molecule has 0 aromatic carbocycles. The molecule has 67 heavy (non-hydrogen) atoms. The highest BCUT2D eigenvalue weighted by molar-refractivity contribution is 5.78. The van der Waals surface area contributed by atoms with Crippen LogP contribution in [-0.2, 0) is 42.8 Å². The van der Waals surface area contributed by atoms with E-state index in [1.165, 1.54) is 0 Å². The van der Waals surface area contributed by atoms with Crippen LogP contribution >= 0.6 is 0 Å². The van der Waals surface area contributed by atoms with Crippen LogP contribution < -0.4 is 0 Å². The Labute approximate surface area is 389 Å². The van der Waals surface area contributed by atoms with Gasteiger partial charge >= 0.3 is 11.9 Å². The maximum Gasteiger partial charge on any atom is 0.335 e. The van der Waals surface area contributed by atoms with Gasteiger partial charge in [0.2, 0.25) is 0 Å². The van der Waals surface area contributed by atoms with E-state index in [2.05, 4.69) is 40.7 Å². The molecule has 5 aliphatic carbocycles. The SMILES string of the molecule is CC1(C)CC[C@]2(C(=O)O)[C@H](O)C[C@]3(C)C(=CC[C@@H]4[C@@]5(C)CC[C@H](O[C@@H]6O[C@H](C(=O)O)[C@@H](O)[C@H](O[C@@H]7OC[C@@H](O)[C@H](O)[C@H]7O[C@H]7O[C@H](CO)[C@H](O)[C@H](O)[C@H]7O)[C@H]6O)[C@@](C)(C=O)C5CC[C@]43C)[C@@H]2C1. The predicted molar refractivity (Wildman–Crippen MR) is 227 cm³/mol. The van der Waals surface area contributed by atoms with Gasteiger partial charge in [0, 0.05) is 0 Å². The molecule has 3 saturated heterocycles. The summed E-state index contributed by atoms with van der Waals surface area (Å²) < 4.78 is 34.9. The van der Waals surface area contributed by atoms with Gasteiger partial charge in [-0.1, -0.05) is 53.2 Å². The first-order chi connectivity index (χ1) is 31.3. The third-order valence-electron chi connectivity index (χ3n) is 18.9. The number of ether oxygens (including phenoxy) is 6. The number of allylic oxidation sites excluding steroid dienone is 2. The van der Waals surface area contributed by atoms with Gasteiger partial charge in [0.1, 0.15) is 72.7 Å². The number of fused-ring (bicyclic) bond motifs is 7. The Morgan fingerprint density at radius 2 is 1.40 bits per heavy atom. The minimum Gasteiger partial charge on any atom is -0.481 e. The maximum absolute atomic E-state index is 13.6. The van der Waals surface area contributed by atoms with E-state index in [1.807, 2.05) is 0 Å². The molecule has 0 aromatic heterocycles. The van der Waals surface area contributed by atoms with Gasteiger partial charge in [0.25, 0.3) is 0 Å². The summed E-state index contributed by atoms with van der Waals surface area (Å²) in [4.78, 5) is 39.4. The molecule has 24 atom stereocenters. The molecule has 3 aliphatic heterocycles. The average molecular weight is 957 g/mol. The third-order valence-corrected chi connectivity index (χ3v) is 18.9. The Bertz CT molecular complexity index is 1910. The summed E-state index contributed by atoms with van der Waals surface area (Å²) in [6, 6.07) is 0. The van der Waals surface area contributed by atoms with Crippen molar-refractivity contribution in [3.05, 3.63) is 11.6 Å². The number of carbonyl (C=O) groups excluding carboxylic acids is 1. The minimum atomic E-state index is -2.10. The van der Waals surface area contributed by atoms with Gasteiger partial charge in [-0.2, -0.15) is 0 Å². The molecule has 8 aliphatic rings. The second kappa shape index (κ2) is 17.8. The molecular weight excluding hydrogens is 884 g/mol. The summed E-state index contributed by atoms with van der Waals surface area (Å²) in [6.07, 6.45) is -19.9. The molecule has 0 amide bonds. The molecule has 0 radical (unpaired) electrons. The van der Waals surface area contributed by atoms with Gasteiger partial charge in [-0.15, -0.1) is 0 Å². The molecule has 7 fully saturated rings. The van der Waals surface area contributed by atoms with E-state index in [9.17, 15) is 70.6 Å². The fourth-order valence-corrected chi connectivity index (χ4v) is 14.8. The Morgan fingerprint density at radius 1 is 0.731 bits per heavy atom. The molecule has 11 N–H and O–H groups in total. The second-order valence-electron chi connectivity index (χ2n) is 22.8. The number of aliphatic hydroxyl groups is 9. The molecule has 4 saturated carbocycles. The topological polar surface area (TPSA) is 329 Å². The van der Waals surface area contributed by atoms with Crippen molar-refractivity contribution in [2.75, 3.05) is 13.2 Å². The van der Waals surface area contributed by atoms with Crippen LogP contribution in [0.5, 0.6) is 0 Å². The summed E-state index contributed by atoms with van der Waals surface area (Å²) in [5.41, 5.74) is -2.87. The minimum absolute atomic E-state index is 0.0113. The van der Waals surface area contributed by atoms with Crippen LogP contribution in [0.2, 0.25) is 0 Å². The van der Waals surface area contributed by atoms with E-state index < -0.39 is 145 Å². The van der Waals surface area contributed by atoms with Crippen molar-refractivity contribution in [3.63, 3.8) is 0 Å². The predicted octanol–water partition coefficient (Wildman–Crippen LogP) is -0.413. The number of hydrogen-bond donors (Lipinski definition) is 11. The van der Waals surface area contributed by atoms with Crippen LogP contribution in [0, 0.1) is 50.2 Å². The molecule has 20 heteroatoms. The summed E-state index contributed by atoms with van der Waals surface area (Å²) in [6.45, 7) is 11.4. The summed E-state index contributed by atoms with van der Waals surface area (Å²) >= 11 is 0. The molecule has 20 nitrogen and oxygen atoms in total. The second-order valence-corrected chi connectivity index (χ2v) is 22.8. The smallest absolute Gasteiger partial charge is 0.335 e. The van der Waals surface area contributed by atoms with Crippen molar-refractivity contribution >= 4 is 18.2 Å². The van der Waals surface area contributed by atoms with E-state index >= 15 is 0 Å². The number of hydrogen-bond acceptors (Lipinski definition) is 18. The maximum atomic E-state index is 13.6. The fraction of sp³-hybridized carbons (Fsp3) is 0.894. The lowest BCUT2D eigenvalue weighted by molar-refractivity contribution is -0.380. The van der Waals surface area contributed by atoms with E-state index in [4.69, 9.17) is 28.4 Å². The molecule has 380 valence electrons. The molecule has 0 aromatic rings. The fourth-order valence-electron chi connectivity index (χ4n) is 14.8. The normalized spacial score (nSPS) is 54.0. The number of aliphatic hydroxyl groups excluding tert-OH is 9. The van der Waals surface area contributed by atoms with E-state index in [-0.39, 0.29) is 35.0 Å². The van der Waals surface area contributed by atoms with E-state index in [0.29, 0.717) is 51.4 Å². The highest BCUT2D eigenvalue weighted by Crippen LogP contribution is 2.76. The van der Waals surface area contributed by atoms with Crippen molar-refractivity contribution in [2.45, 2.75) is 198 Å². The molecule has 3 heterocycles. The first kappa shape index (κ1) is 51.1. The van der Waals surface area contributed by atoms with Gasteiger partial charge in [0.15, 0.2) is 25.0 Å². The largest absolute Gasteiger partial charge is 0.481 e. The molecule has 8 rings (SSSR count). The van der Waals surface area contributed by atoms with Crippen LogP contribution in [-0.4, -0.2) is 186 Å². The van der Waals surface area contributed by atoms with Crippen LogP contribution in [0.25, 0.3) is 0 Å². The van der Waals surface area contributed by atoms with Crippen molar-refractivity contribution in [2.24, 2.45) is 50.2 Å². The van der Waals surface area contributed by atoms with Crippen LogP contribution in [0.15, 0.2) is 11.6 Å². The Kier molecular flexibility index (Phi) is 13.6. The lowest BCUT2D eigenvalue weighted by atomic mass is 9.33. The van der Waals surface area contributed by atoms with Crippen LogP contribution in [0.1, 0.15) is 99.3 Å². The zero-order chi connectivity index (χ0) is 49.1. The number of carboxylic acid groups (broad SMARTS) is 2. The molecule has 1 unspecified atom stereocenters. The van der Waals surface area contributed by atoms with Crippen molar-refractivity contribution in [1.29, 1.82) is 0 Å². The van der Waals surface area contributed by atoms with Gasteiger partial charge in [0.05, 0.1) is 30.8 Å². The Morgan fingerprint density at radius 3 is 2.04 bits per heavy atom. The van der Waals surface area contributed by atoms with E-state index in [0.717, 1.165) is 11.9 Å². The van der Waals surface area contributed by atoms with E-state index in [1.54, 1.807) is 6.92 Å². The van der Waals surface area contributed by atoms with Gasteiger partial charge in [-0.05, 0) is 97.2 Å². The van der Waals surface area contributed by atoms with Crippen molar-refractivity contribution in [3.8, 4) is 0 Å². The Balaban J connectivity index is 1.04. The molecule has 0 spiro atoms. The first-order valence-corrected chi connectivity index (χ1v) is 23.8. The Hall–Kier alpha value is -2.25. The van der Waals surface area contributed by atoms with Gasteiger partial charge < -0.3 is 89.4 Å². The van der Waals surface area contributed by atoms with Crippen molar-refractivity contribution < 1.29 is 99.0 Å². The quantitative estimate of drug-likeness (QED) is 0.0753. The first-order valence-electron chi connectivity index (χ1n) is 23.8. The standard InChI is InChI=1S/C47H72O20/c1-42(2)13-14-47(41(60)61)21(15-42)20-7-8-25-43(3)11-10-27(44(4,19-49)24(43)9-12-45(25,5)46(20,6)16-26(47)51)64-39-33(57)34(32(56)35(66-39)37(58)59)65-40-36(28(52)22(50)18-62-40)67-38-31(55)30(54)29(53)23(17-48)63-38/h7,19,21-36,38-40,48,50-57H,8-18H2,1-6H3,(H,58,59)(H,60,61)/t21-,22+,23+,24?,25+,26+,27-,28-,29-,30-,31+,32-,33+,34-,35-,36+,38+,39+,40-,43-,44-,45+,46+,47+/m0/s1. The highest BCUT2D eigenvalue weighted by atomic mass is 16.8. The van der Waals surface area contributed by atoms with Gasteiger partial charge in [-0.25, -0.2) is 4.79 Å². The van der Waals surface area contributed by atoms with Crippen LogP contribution in [0.3, 0.4) is 0 Å². The number of aliphatic carboxylic acids is 2. The van der Waals surface area contributed by atoms with Crippen molar-refractivity contribution in [1.82, 2.24) is 0 Å². The average Bonchev–Trinajstić information content (AvgIpc) is 3.26. The summed E-state index contributed by atoms with van der Waals surface area (Å²) in [7, 11) is 0.